The van der Waals surface area contributed by atoms with Crippen LogP contribution in [-0.4, -0.2) is 44.1 Å². The number of carbonyl (C=O) groups excluding carboxylic acids is 1. The second-order valence-electron chi connectivity index (χ2n) is 5.43. The minimum atomic E-state index is -5.14. The molecule has 1 aliphatic heterocycles. The zero-order valence-electron chi connectivity index (χ0n) is 13.0. The Balaban J connectivity index is 2.71. The fourth-order valence-electron chi connectivity index (χ4n) is 2.68. The Hall–Kier alpha value is -1.87. The van der Waals surface area contributed by atoms with E-state index >= 15 is 0 Å². The first-order chi connectivity index (χ1) is 11.1. The zero-order chi connectivity index (χ0) is 18.2. The van der Waals surface area contributed by atoms with Crippen molar-refractivity contribution >= 4 is 16.0 Å². The van der Waals surface area contributed by atoms with E-state index < -0.39 is 40.7 Å². The molecule has 0 fully saturated rings. The highest BCUT2D eigenvalue weighted by molar-refractivity contribution is 7.89. The van der Waals surface area contributed by atoms with E-state index in [0.717, 1.165) is 7.11 Å². The number of alkyl halides is 3. The highest BCUT2D eigenvalue weighted by atomic mass is 32.2. The number of ether oxygens (including phenoxy) is 1. The van der Waals surface area contributed by atoms with Gasteiger partial charge in [-0.1, -0.05) is 29.8 Å². The Morgan fingerprint density at radius 2 is 1.83 bits per heavy atom. The second-order valence-corrected chi connectivity index (χ2v) is 7.29. The number of halogens is 3. The fraction of sp³-hybridized carbons (Fsp3) is 0.400. The summed E-state index contributed by atoms with van der Waals surface area (Å²) in [5, 5.41) is 0. The molecule has 0 saturated heterocycles. The maximum Gasteiger partial charge on any atom is 0.418 e. The van der Waals surface area contributed by atoms with Gasteiger partial charge in [-0.2, -0.15) is 17.5 Å². The molecule has 0 saturated carbocycles. The number of hydrogen-bond acceptors (Lipinski definition) is 4. The van der Waals surface area contributed by atoms with Crippen LogP contribution in [-0.2, 0) is 19.6 Å². The third kappa shape index (κ3) is 2.82. The lowest BCUT2D eigenvalue weighted by molar-refractivity contribution is -0.228. The van der Waals surface area contributed by atoms with E-state index in [1.54, 1.807) is 0 Å². The maximum absolute atomic E-state index is 13.9. The van der Waals surface area contributed by atoms with E-state index in [-0.39, 0.29) is 14.8 Å². The van der Waals surface area contributed by atoms with Crippen molar-refractivity contribution in [3.8, 4) is 0 Å². The topological polar surface area (TPSA) is 63.7 Å². The molecular formula is C15H16F3NO4S. The lowest BCUT2D eigenvalue weighted by Crippen LogP contribution is -2.67. The van der Waals surface area contributed by atoms with Gasteiger partial charge in [0.2, 0.25) is 15.6 Å². The molecular weight excluding hydrogens is 347 g/mol. The number of nitrogens with zero attached hydrogens (tertiary/aromatic N) is 1. The van der Waals surface area contributed by atoms with Gasteiger partial charge in [0, 0.05) is 13.0 Å². The summed E-state index contributed by atoms with van der Waals surface area (Å²) in [7, 11) is -3.76. The van der Waals surface area contributed by atoms with Crippen molar-refractivity contribution in [1.29, 1.82) is 0 Å². The number of sulfonamides is 1. The van der Waals surface area contributed by atoms with Crippen LogP contribution in [0, 0.1) is 0 Å². The van der Waals surface area contributed by atoms with Gasteiger partial charge in [-0.15, -0.1) is 0 Å². The Morgan fingerprint density at radius 1 is 1.25 bits per heavy atom. The summed E-state index contributed by atoms with van der Waals surface area (Å²) in [6, 6.07) is 6.69. The van der Waals surface area contributed by atoms with Crippen LogP contribution in [0.3, 0.4) is 0 Å². The van der Waals surface area contributed by atoms with Gasteiger partial charge in [-0.25, -0.2) is 13.2 Å². The molecule has 1 aromatic carbocycles. The smallest absolute Gasteiger partial charge is 0.418 e. The normalized spacial score (nSPS) is 22.8. The maximum atomic E-state index is 13.9. The summed E-state index contributed by atoms with van der Waals surface area (Å²) in [5.41, 5.74) is -3.02. The van der Waals surface area contributed by atoms with Gasteiger partial charge in [0.25, 0.3) is 0 Å². The largest absolute Gasteiger partial charge is 0.467 e. The Morgan fingerprint density at radius 3 is 2.33 bits per heavy atom. The summed E-state index contributed by atoms with van der Waals surface area (Å²) < 4.78 is 71.7. The van der Waals surface area contributed by atoms with Gasteiger partial charge in [0.15, 0.2) is 0 Å². The Kier molecular flexibility index (Phi) is 4.78. The first-order valence-corrected chi connectivity index (χ1v) is 8.40. The molecule has 0 aromatic heterocycles. The van der Waals surface area contributed by atoms with Crippen molar-refractivity contribution in [3.05, 3.63) is 42.0 Å². The fourth-order valence-corrected chi connectivity index (χ4v) is 4.36. The van der Waals surface area contributed by atoms with Crippen LogP contribution >= 0.6 is 0 Å². The van der Waals surface area contributed by atoms with Crippen LogP contribution in [0.5, 0.6) is 0 Å². The van der Waals surface area contributed by atoms with E-state index in [1.807, 2.05) is 0 Å². The standard InChI is InChI=1S/C15H16F3NO4S/c1-11-8-9-19(24(21,22)12-6-4-3-5-7-12)14(10-11,13(20)23-2)15(16,17)18/h3-8H,9-10H2,1-2H3/t14-/m1/s1. The van der Waals surface area contributed by atoms with Crippen molar-refractivity contribution in [1.82, 2.24) is 4.31 Å². The van der Waals surface area contributed by atoms with Crippen LogP contribution < -0.4 is 0 Å². The lowest BCUT2D eigenvalue weighted by atomic mass is 9.87. The van der Waals surface area contributed by atoms with Gasteiger partial charge in [-0.05, 0) is 19.1 Å². The molecule has 132 valence electrons. The van der Waals surface area contributed by atoms with Crippen molar-refractivity contribution in [2.75, 3.05) is 13.7 Å². The molecule has 5 nitrogen and oxygen atoms in total. The summed E-state index contributed by atoms with van der Waals surface area (Å²) in [4.78, 5) is 11.8. The molecule has 0 unspecified atom stereocenters. The quantitative estimate of drug-likeness (QED) is 0.611. The average Bonchev–Trinajstić information content (AvgIpc) is 2.53. The van der Waals surface area contributed by atoms with Gasteiger partial charge in [0.05, 0.1) is 12.0 Å². The number of benzene rings is 1. The molecule has 0 amide bonds. The van der Waals surface area contributed by atoms with Crippen LogP contribution in [0.25, 0.3) is 0 Å². The highest BCUT2D eigenvalue weighted by Gasteiger charge is 2.68. The van der Waals surface area contributed by atoms with E-state index in [0.29, 0.717) is 0 Å². The molecule has 1 aliphatic rings. The zero-order valence-corrected chi connectivity index (χ0v) is 13.8. The molecule has 0 spiro atoms. The van der Waals surface area contributed by atoms with Crippen molar-refractivity contribution < 1.29 is 31.1 Å². The van der Waals surface area contributed by atoms with Crippen LogP contribution in [0.2, 0.25) is 0 Å². The van der Waals surface area contributed by atoms with Crippen LogP contribution in [0.1, 0.15) is 13.3 Å². The highest BCUT2D eigenvalue weighted by Crippen LogP contribution is 2.45. The molecule has 2 rings (SSSR count). The minimum absolute atomic E-state index is 0.175. The molecule has 1 atom stereocenters. The lowest BCUT2D eigenvalue weighted by Gasteiger charge is -2.43. The second kappa shape index (κ2) is 6.21. The van der Waals surface area contributed by atoms with Crippen molar-refractivity contribution in [3.63, 3.8) is 0 Å². The van der Waals surface area contributed by atoms with Crippen molar-refractivity contribution in [2.45, 2.75) is 30.0 Å². The summed E-state index contributed by atoms with van der Waals surface area (Å²) >= 11 is 0. The minimum Gasteiger partial charge on any atom is -0.467 e. The van der Waals surface area contributed by atoms with Crippen LogP contribution in [0.15, 0.2) is 46.9 Å². The van der Waals surface area contributed by atoms with Gasteiger partial charge < -0.3 is 4.74 Å². The Labute approximate surface area is 137 Å². The molecule has 24 heavy (non-hydrogen) atoms. The molecule has 0 radical (unpaired) electrons. The molecule has 9 heteroatoms. The number of rotatable bonds is 3. The SMILES string of the molecule is COC(=O)[C@@]1(C(F)(F)F)CC(C)=CCN1S(=O)(=O)c1ccccc1. The first-order valence-electron chi connectivity index (χ1n) is 6.96. The van der Waals surface area contributed by atoms with Gasteiger partial charge >= 0.3 is 12.1 Å². The predicted octanol–water partition coefficient (Wildman–Crippen LogP) is 2.50. The average molecular weight is 363 g/mol. The molecule has 0 N–H and O–H groups in total. The van der Waals surface area contributed by atoms with E-state index in [9.17, 15) is 26.4 Å². The first kappa shape index (κ1) is 18.5. The number of carbonyl (C=O) groups is 1. The number of hydrogen-bond donors (Lipinski definition) is 0. The molecule has 1 heterocycles. The predicted molar refractivity (Wildman–Crippen MR) is 79.5 cm³/mol. The monoisotopic (exact) mass is 363 g/mol. The summed E-state index contributed by atoms with van der Waals surface area (Å²) in [6.45, 7) is 0.841. The third-order valence-corrected chi connectivity index (χ3v) is 5.80. The van der Waals surface area contributed by atoms with Gasteiger partial charge in [0.1, 0.15) is 0 Å². The van der Waals surface area contributed by atoms with Crippen LogP contribution in [0.4, 0.5) is 13.2 Å². The molecule has 0 bridgehead atoms. The number of methoxy groups -OCH3 is 1. The van der Waals surface area contributed by atoms with Gasteiger partial charge in [-0.3, -0.25) is 0 Å². The van der Waals surface area contributed by atoms with E-state index in [2.05, 4.69) is 4.74 Å². The Bertz CT molecular complexity index is 759. The summed E-state index contributed by atoms with van der Waals surface area (Å²) in [6.07, 6.45) is -4.60. The van der Waals surface area contributed by atoms with E-state index in [4.69, 9.17) is 0 Å². The third-order valence-electron chi connectivity index (χ3n) is 3.89. The molecule has 0 aliphatic carbocycles. The summed E-state index contributed by atoms with van der Waals surface area (Å²) in [5.74, 6) is -1.65. The number of esters is 1. The van der Waals surface area contributed by atoms with E-state index in [1.165, 1.54) is 43.3 Å². The molecule has 1 aromatic rings. The van der Waals surface area contributed by atoms with Crippen molar-refractivity contribution in [2.24, 2.45) is 0 Å².